The Bertz CT molecular complexity index is 316. The molecule has 0 aliphatic carbocycles. The predicted molar refractivity (Wildman–Crippen MR) is 136 cm³/mol. The van der Waals surface area contributed by atoms with Crippen LogP contribution in [0.5, 0.6) is 0 Å². The molecule has 0 saturated heterocycles. The predicted octanol–water partition coefficient (Wildman–Crippen LogP) is 11.0. The van der Waals surface area contributed by atoms with Crippen molar-refractivity contribution in [2.45, 2.75) is 163 Å². The zero-order valence-electron chi connectivity index (χ0n) is 21.2. The molecule has 2 unspecified atom stereocenters. The molecule has 0 fully saturated rings. The first-order valence-corrected chi connectivity index (χ1v) is 13.9. The van der Waals surface area contributed by atoms with Gasteiger partial charge in [0.25, 0.3) is 0 Å². The van der Waals surface area contributed by atoms with Crippen molar-refractivity contribution in [3.63, 3.8) is 0 Å². The van der Waals surface area contributed by atoms with Crippen molar-refractivity contribution >= 4 is 0 Å². The number of hydrogen-bond acceptors (Lipinski definition) is 0. The fourth-order valence-corrected chi connectivity index (χ4v) is 4.53. The minimum Gasteiger partial charge on any atom is -0.0885 e. The average Bonchev–Trinajstić information content (AvgIpc) is 2.74. The Morgan fingerprint density at radius 1 is 0.483 bits per heavy atom. The Kier molecular flexibility index (Phi) is 23.8. The molecule has 0 aromatic carbocycles. The summed E-state index contributed by atoms with van der Waals surface area (Å²) in [6.45, 7) is 9.49. The lowest BCUT2D eigenvalue weighted by Gasteiger charge is -2.23. The molecule has 0 N–H and O–H groups in total. The van der Waals surface area contributed by atoms with Crippen LogP contribution in [0, 0.1) is 11.8 Å². The molecule has 0 bridgehead atoms. The van der Waals surface area contributed by atoms with E-state index in [1.807, 2.05) is 0 Å². The number of rotatable bonds is 23. The van der Waals surface area contributed by atoms with Crippen molar-refractivity contribution < 1.29 is 0 Å². The molecule has 0 saturated carbocycles. The largest absolute Gasteiger partial charge is 0.0885 e. The van der Waals surface area contributed by atoms with E-state index in [-0.39, 0.29) is 0 Å². The van der Waals surface area contributed by atoms with Crippen LogP contribution in [-0.4, -0.2) is 0 Å². The van der Waals surface area contributed by atoms with Crippen LogP contribution in [0.25, 0.3) is 0 Å². The summed E-state index contributed by atoms with van der Waals surface area (Å²) in [5.41, 5.74) is 0. The normalized spacial score (nSPS) is 13.9. The first-order chi connectivity index (χ1) is 14.3. The topological polar surface area (TPSA) is 0 Å². The molecule has 0 aromatic heterocycles. The number of hydrogen-bond donors (Lipinski definition) is 0. The first kappa shape index (κ1) is 28.7. The highest BCUT2D eigenvalue weighted by atomic mass is 14.2. The van der Waals surface area contributed by atoms with E-state index in [4.69, 9.17) is 0 Å². The molecule has 0 aliphatic rings. The molecule has 29 heavy (non-hydrogen) atoms. The van der Waals surface area contributed by atoms with Gasteiger partial charge in [-0.1, -0.05) is 149 Å². The van der Waals surface area contributed by atoms with Crippen LogP contribution in [0.1, 0.15) is 163 Å². The van der Waals surface area contributed by atoms with Crippen molar-refractivity contribution in [2.24, 2.45) is 11.8 Å². The molecule has 0 aromatic rings. The molecule has 2 atom stereocenters. The smallest absolute Gasteiger partial charge is 0.0351 e. The monoisotopic (exact) mass is 406 g/mol. The van der Waals surface area contributed by atoms with E-state index in [1.54, 1.807) is 0 Å². The van der Waals surface area contributed by atoms with Crippen LogP contribution >= 0.6 is 0 Å². The quantitative estimate of drug-likeness (QED) is 0.117. The highest BCUT2D eigenvalue weighted by Gasteiger charge is 2.14. The summed E-state index contributed by atoms with van der Waals surface area (Å²) in [5, 5.41) is 0. The summed E-state index contributed by atoms with van der Waals surface area (Å²) in [6, 6.07) is 0. The number of unbranched alkanes of at least 4 members (excludes halogenated alkanes) is 15. The van der Waals surface area contributed by atoms with E-state index in [1.165, 1.54) is 135 Å². The summed E-state index contributed by atoms with van der Waals surface area (Å²) >= 11 is 0. The highest BCUT2D eigenvalue weighted by Crippen LogP contribution is 2.27. The van der Waals surface area contributed by atoms with E-state index in [9.17, 15) is 0 Å². The van der Waals surface area contributed by atoms with Gasteiger partial charge in [0.05, 0.1) is 0 Å². The second-order valence-electron chi connectivity index (χ2n) is 9.72. The van der Waals surface area contributed by atoms with Gasteiger partial charge in [-0.25, -0.2) is 0 Å². The van der Waals surface area contributed by atoms with Crippen LogP contribution in [0.4, 0.5) is 0 Å². The lowest BCUT2D eigenvalue weighted by atomic mass is 9.83. The van der Waals surface area contributed by atoms with E-state index in [0.717, 1.165) is 11.8 Å². The molecular formula is C29H58. The van der Waals surface area contributed by atoms with Gasteiger partial charge in [-0.2, -0.15) is 0 Å². The standard InChI is InChI=1S/C29H58/c1-5-8-10-12-14-16-17-18-19-21-23-25-27-29(28(4)7-3)26-24-22-20-15-13-11-9-6-2/h17-18,28-29H,5-16,19-27H2,1-4H3. The van der Waals surface area contributed by atoms with Crippen molar-refractivity contribution in [2.75, 3.05) is 0 Å². The fourth-order valence-electron chi connectivity index (χ4n) is 4.53. The molecule has 0 heterocycles. The third-order valence-corrected chi connectivity index (χ3v) is 6.96. The number of allylic oxidation sites excluding steroid dienone is 2. The van der Waals surface area contributed by atoms with Crippen LogP contribution in [0.3, 0.4) is 0 Å². The van der Waals surface area contributed by atoms with Crippen molar-refractivity contribution in [3.05, 3.63) is 12.2 Å². The summed E-state index contributed by atoms with van der Waals surface area (Å²) in [6.07, 6.45) is 34.8. The van der Waals surface area contributed by atoms with Crippen molar-refractivity contribution in [1.82, 2.24) is 0 Å². The molecule has 0 aliphatic heterocycles. The van der Waals surface area contributed by atoms with Gasteiger partial charge in [0.15, 0.2) is 0 Å². The molecular weight excluding hydrogens is 348 g/mol. The van der Waals surface area contributed by atoms with E-state index >= 15 is 0 Å². The van der Waals surface area contributed by atoms with Crippen molar-refractivity contribution in [3.8, 4) is 0 Å². The SMILES string of the molecule is CCCCCCCC=CCCCCCC(CCCCCCCCCC)C(C)CC. The van der Waals surface area contributed by atoms with Gasteiger partial charge < -0.3 is 0 Å². The second-order valence-corrected chi connectivity index (χ2v) is 9.72. The van der Waals surface area contributed by atoms with Crippen LogP contribution in [0.2, 0.25) is 0 Å². The van der Waals surface area contributed by atoms with Crippen LogP contribution < -0.4 is 0 Å². The summed E-state index contributed by atoms with van der Waals surface area (Å²) in [4.78, 5) is 0. The summed E-state index contributed by atoms with van der Waals surface area (Å²) in [7, 11) is 0. The molecule has 0 spiro atoms. The minimum atomic E-state index is 0.923. The van der Waals surface area contributed by atoms with Crippen LogP contribution in [0.15, 0.2) is 12.2 Å². The highest BCUT2D eigenvalue weighted by molar-refractivity contribution is 4.81. The molecule has 174 valence electrons. The van der Waals surface area contributed by atoms with E-state index in [2.05, 4.69) is 39.8 Å². The maximum Gasteiger partial charge on any atom is -0.0351 e. The van der Waals surface area contributed by atoms with Gasteiger partial charge in [-0.05, 0) is 37.5 Å². The zero-order valence-corrected chi connectivity index (χ0v) is 21.2. The fraction of sp³-hybridized carbons (Fsp3) is 0.931. The van der Waals surface area contributed by atoms with Gasteiger partial charge in [-0.15, -0.1) is 0 Å². The van der Waals surface area contributed by atoms with Gasteiger partial charge in [-0.3, -0.25) is 0 Å². The summed E-state index contributed by atoms with van der Waals surface area (Å²) < 4.78 is 0. The summed E-state index contributed by atoms with van der Waals surface area (Å²) in [5.74, 6) is 1.91. The maximum atomic E-state index is 2.50. The average molecular weight is 407 g/mol. The third-order valence-electron chi connectivity index (χ3n) is 6.96. The molecule has 0 nitrogen and oxygen atoms in total. The Labute approximate surface area is 186 Å². The molecule has 0 amide bonds. The zero-order chi connectivity index (χ0) is 21.4. The van der Waals surface area contributed by atoms with Gasteiger partial charge in [0.1, 0.15) is 0 Å². The Balaban J connectivity index is 3.64. The van der Waals surface area contributed by atoms with Crippen LogP contribution in [-0.2, 0) is 0 Å². The lowest BCUT2D eigenvalue weighted by Crippen LogP contribution is -2.11. The third kappa shape index (κ3) is 20.8. The minimum absolute atomic E-state index is 0.923. The molecule has 0 rings (SSSR count). The maximum absolute atomic E-state index is 2.50. The Morgan fingerprint density at radius 2 is 0.862 bits per heavy atom. The van der Waals surface area contributed by atoms with Gasteiger partial charge in [0.2, 0.25) is 0 Å². The molecule has 0 heteroatoms. The second kappa shape index (κ2) is 24.0. The Hall–Kier alpha value is -0.260. The van der Waals surface area contributed by atoms with Gasteiger partial charge >= 0.3 is 0 Å². The van der Waals surface area contributed by atoms with Crippen molar-refractivity contribution in [1.29, 1.82) is 0 Å². The van der Waals surface area contributed by atoms with E-state index in [0.29, 0.717) is 0 Å². The van der Waals surface area contributed by atoms with Gasteiger partial charge in [0, 0.05) is 0 Å². The Morgan fingerprint density at radius 3 is 1.31 bits per heavy atom. The lowest BCUT2D eigenvalue weighted by molar-refractivity contribution is 0.288. The first-order valence-electron chi connectivity index (χ1n) is 13.9. The van der Waals surface area contributed by atoms with E-state index < -0.39 is 0 Å². The molecule has 0 radical (unpaired) electrons.